The normalized spacial score (nSPS) is 11.8. The zero-order valence-corrected chi connectivity index (χ0v) is 14.5. The summed E-state index contributed by atoms with van der Waals surface area (Å²) in [6.07, 6.45) is -0.710. The molecule has 0 fully saturated rings. The summed E-state index contributed by atoms with van der Waals surface area (Å²) in [5.74, 6) is 5.83. The quantitative estimate of drug-likeness (QED) is 0.176. The van der Waals surface area contributed by atoms with Gasteiger partial charge in [0.05, 0.1) is 11.1 Å². The van der Waals surface area contributed by atoms with Crippen molar-refractivity contribution in [3.8, 4) is 11.8 Å². The lowest BCUT2D eigenvalue weighted by molar-refractivity contribution is -0.469. The van der Waals surface area contributed by atoms with E-state index in [1.54, 1.807) is 24.3 Å². The van der Waals surface area contributed by atoms with Crippen molar-refractivity contribution < 1.29 is 17.9 Å². The van der Waals surface area contributed by atoms with Gasteiger partial charge >= 0.3 is 6.18 Å². The lowest BCUT2D eigenvalue weighted by atomic mass is 10.0. The summed E-state index contributed by atoms with van der Waals surface area (Å²) in [5, 5.41) is 12.2. The monoisotopic (exact) mass is 359 g/mol. The molecule has 2 rings (SSSR count). The first-order valence-corrected chi connectivity index (χ1v) is 8.43. The van der Waals surface area contributed by atoms with E-state index in [-0.39, 0.29) is 12.1 Å². The Hall–Kier alpha value is -2.74. The van der Waals surface area contributed by atoms with Crippen molar-refractivity contribution in [1.82, 2.24) is 0 Å². The molecule has 0 aliphatic rings. The molecule has 5 heteroatoms. The van der Waals surface area contributed by atoms with Crippen LogP contribution in [0.15, 0.2) is 48.5 Å². The lowest BCUT2D eigenvalue weighted by Crippen LogP contribution is -2.10. The fraction of sp³-hybridized carbons (Fsp3) is 0.286. The van der Waals surface area contributed by atoms with Crippen LogP contribution in [0.2, 0.25) is 0 Å². The number of nitrogens with zero attached hydrogens (tertiary/aromatic N) is 1. The van der Waals surface area contributed by atoms with Crippen LogP contribution in [0.4, 0.5) is 13.2 Å². The highest BCUT2D eigenvalue weighted by Crippen LogP contribution is 2.30. The highest BCUT2D eigenvalue weighted by molar-refractivity contribution is 5.80. The molecule has 0 amide bonds. The summed E-state index contributed by atoms with van der Waals surface area (Å²) in [6, 6.07) is 12.3. The molecule has 0 atom stereocenters. The molecule has 0 aliphatic carbocycles. The van der Waals surface area contributed by atoms with E-state index in [0.29, 0.717) is 16.7 Å². The van der Waals surface area contributed by atoms with Gasteiger partial charge in [-0.05, 0) is 24.6 Å². The van der Waals surface area contributed by atoms with Gasteiger partial charge in [0, 0.05) is 17.5 Å². The Bertz CT molecular complexity index is 815. The number of halogens is 3. The summed E-state index contributed by atoms with van der Waals surface area (Å²) in [4.78, 5) is 0. The van der Waals surface area contributed by atoms with Gasteiger partial charge in [-0.2, -0.15) is 13.2 Å². The molecular weight excluding hydrogens is 339 g/mol. The standard InChI is InChI=1S/C21H20F3NO/c1-2-3-4-8-11-18-12-13-20(21(22,23)24)14-19(18)16-25(26)15-17-9-6-5-7-10-17/h5-7,9-10,12-14,16H,2-4,15H2,1H3/b25-16-. The first-order chi connectivity index (χ1) is 12.4. The minimum absolute atomic E-state index is 0.0553. The number of unbranched alkanes of at least 4 members (excludes halogenated alkanes) is 2. The molecule has 0 radical (unpaired) electrons. The Labute approximate surface area is 151 Å². The minimum atomic E-state index is -4.47. The number of benzene rings is 2. The second-order valence-corrected chi connectivity index (χ2v) is 5.90. The molecule has 2 nitrogen and oxygen atoms in total. The first-order valence-electron chi connectivity index (χ1n) is 8.43. The van der Waals surface area contributed by atoms with E-state index in [4.69, 9.17) is 0 Å². The Morgan fingerprint density at radius 1 is 1.12 bits per heavy atom. The molecule has 0 spiro atoms. The predicted octanol–water partition coefficient (Wildman–Crippen LogP) is 5.38. The van der Waals surface area contributed by atoms with Gasteiger partial charge in [-0.25, -0.2) is 4.74 Å². The van der Waals surface area contributed by atoms with Crippen LogP contribution in [0.3, 0.4) is 0 Å². The van der Waals surface area contributed by atoms with Gasteiger partial charge in [-0.1, -0.05) is 55.5 Å². The molecular formula is C21H20F3NO. The van der Waals surface area contributed by atoms with E-state index in [2.05, 4.69) is 11.8 Å². The van der Waals surface area contributed by atoms with Crippen molar-refractivity contribution >= 4 is 6.21 Å². The van der Waals surface area contributed by atoms with Gasteiger partial charge in [-0.15, -0.1) is 0 Å². The molecule has 0 unspecified atom stereocenters. The van der Waals surface area contributed by atoms with Crippen molar-refractivity contribution in [3.63, 3.8) is 0 Å². The molecule has 26 heavy (non-hydrogen) atoms. The van der Waals surface area contributed by atoms with Gasteiger partial charge in [0.1, 0.15) is 0 Å². The molecule has 0 saturated carbocycles. The van der Waals surface area contributed by atoms with Crippen LogP contribution in [0, 0.1) is 17.0 Å². The van der Waals surface area contributed by atoms with E-state index in [9.17, 15) is 18.4 Å². The van der Waals surface area contributed by atoms with E-state index in [0.717, 1.165) is 30.5 Å². The van der Waals surface area contributed by atoms with Gasteiger partial charge in [0.15, 0.2) is 12.8 Å². The van der Waals surface area contributed by atoms with E-state index < -0.39 is 11.7 Å². The van der Waals surface area contributed by atoms with Crippen LogP contribution in [0.25, 0.3) is 0 Å². The summed E-state index contributed by atoms with van der Waals surface area (Å²) >= 11 is 0. The second kappa shape index (κ2) is 9.10. The Kier molecular flexibility index (Phi) is 6.85. The third-order valence-electron chi connectivity index (χ3n) is 3.72. The number of rotatable bonds is 5. The first kappa shape index (κ1) is 19.6. The Morgan fingerprint density at radius 3 is 2.50 bits per heavy atom. The number of hydroxylamine groups is 1. The lowest BCUT2D eigenvalue weighted by Gasteiger charge is -2.09. The zero-order valence-electron chi connectivity index (χ0n) is 14.5. The van der Waals surface area contributed by atoms with Crippen molar-refractivity contribution in [1.29, 1.82) is 0 Å². The van der Waals surface area contributed by atoms with Crippen LogP contribution in [0.1, 0.15) is 48.4 Å². The van der Waals surface area contributed by atoms with Crippen LogP contribution in [-0.2, 0) is 12.7 Å². The maximum absolute atomic E-state index is 13.0. The fourth-order valence-corrected chi connectivity index (χ4v) is 2.35. The Balaban J connectivity index is 2.34. The number of hydrogen-bond donors (Lipinski definition) is 0. The summed E-state index contributed by atoms with van der Waals surface area (Å²) < 4.78 is 39.6. The highest BCUT2D eigenvalue weighted by atomic mass is 19.4. The highest BCUT2D eigenvalue weighted by Gasteiger charge is 2.31. The maximum atomic E-state index is 13.0. The smallest absolute Gasteiger partial charge is 0.416 e. The third kappa shape index (κ3) is 5.96. The molecule has 0 aromatic heterocycles. The molecule has 2 aromatic rings. The van der Waals surface area contributed by atoms with Crippen LogP contribution in [-0.4, -0.2) is 11.0 Å². The van der Waals surface area contributed by atoms with Crippen molar-refractivity contribution in [3.05, 3.63) is 76.0 Å². The predicted molar refractivity (Wildman–Crippen MR) is 96.8 cm³/mol. The van der Waals surface area contributed by atoms with E-state index >= 15 is 0 Å². The maximum Gasteiger partial charge on any atom is 0.416 e. The van der Waals surface area contributed by atoms with Crippen molar-refractivity contribution in [2.24, 2.45) is 0 Å². The van der Waals surface area contributed by atoms with Gasteiger partial charge < -0.3 is 5.21 Å². The van der Waals surface area contributed by atoms with Crippen LogP contribution in [0.5, 0.6) is 0 Å². The average molecular weight is 359 g/mol. The molecule has 0 saturated heterocycles. The minimum Gasteiger partial charge on any atom is -0.624 e. The fourth-order valence-electron chi connectivity index (χ4n) is 2.35. The van der Waals surface area contributed by atoms with Gasteiger partial charge in [0.25, 0.3) is 0 Å². The van der Waals surface area contributed by atoms with Crippen molar-refractivity contribution in [2.75, 3.05) is 0 Å². The molecule has 2 aromatic carbocycles. The van der Waals surface area contributed by atoms with Crippen molar-refractivity contribution in [2.45, 2.75) is 38.9 Å². The molecule has 0 heterocycles. The second-order valence-electron chi connectivity index (χ2n) is 5.90. The van der Waals surface area contributed by atoms with Crippen LogP contribution < -0.4 is 0 Å². The molecule has 0 bridgehead atoms. The van der Waals surface area contributed by atoms with E-state index in [1.807, 2.05) is 13.0 Å². The van der Waals surface area contributed by atoms with Gasteiger partial charge in [0.2, 0.25) is 0 Å². The average Bonchev–Trinajstić information content (AvgIpc) is 2.59. The Morgan fingerprint density at radius 2 is 1.85 bits per heavy atom. The summed E-state index contributed by atoms with van der Waals surface area (Å²) in [5.41, 5.74) is 0.579. The number of hydrogen-bond acceptors (Lipinski definition) is 1. The summed E-state index contributed by atoms with van der Waals surface area (Å²) in [6.45, 7) is 2.09. The third-order valence-corrected chi connectivity index (χ3v) is 3.72. The van der Waals surface area contributed by atoms with Gasteiger partial charge in [-0.3, -0.25) is 0 Å². The molecule has 0 aliphatic heterocycles. The zero-order chi connectivity index (χ0) is 19.0. The van der Waals surface area contributed by atoms with E-state index in [1.165, 1.54) is 12.3 Å². The topological polar surface area (TPSA) is 26.1 Å². The SMILES string of the molecule is CCCCC#Cc1ccc(C(F)(F)F)cc1/C=[N+](\[O-])Cc1ccccc1. The summed E-state index contributed by atoms with van der Waals surface area (Å²) in [7, 11) is 0. The molecule has 0 N–H and O–H groups in total. The van der Waals surface area contributed by atoms with Crippen LogP contribution >= 0.6 is 0 Å². The molecule has 136 valence electrons. The largest absolute Gasteiger partial charge is 0.624 e. The number of alkyl halides is 3.